The molecule has 1 aromatic heterocycles. The second kappa shape index (κ2) is 5.22. The summed E-state index contributed by atoms with van der Waals surface area (Å²) in [5, 5.41) is 15.8. The number of likely N-dealkylation sites (tertiary alicyclic amines) is 1. The molecule has 2 N–H and O–H groups in total. The van der Waals surface area contributed by atoms with Crippen LogP contribution in [0.2, 0.25) is 0 Å². The number of aliphatic carboxylic acids is 1. The number of nitrogens with one attached hydrogen (secondary N) is 1. The van der Waals surface area contributed by atoms with Crippen LogP contribution < -0.4 is 0 Å². The molecule has 0 aliphatic carbocycles. The molecule has 1 atom stereocenters. The molecule has 0 aromatic carbocycles. The van der Waals surface area contributed by atoms with E-state index in [1.54, 1.807) is 0 Å². The molecule has 1 aliphatic rings. The van der Waals surface area contributed by atoms with Crippen LogP contribution >= 0.6 is 0 Å². The number of carboxylic acids is 1. The van der Waals surface area contributed by atoms with Gasteiger partial charge in [-0.15, -0.1) is 5.10 Å². The molecule has 0 saturated carbocycles. The highest BCUT2D eigenvalue weighted by atomic mass is 16.4. The number of aromatic amines is 1. The first-order chi connectivity index (χ1) is 9.29. The molecule has 0 bridgehead atoms. The van der Waals surface area contributed by atoms with Gasteiger partial charge in [0.05, 0.1) is 5.92 Å². The lowest BCUT2D eigenvalue weighted by Crippen LogP contribution is -2.42. The van der Waals surface area contributed by atoms with Crippen LogP contribution in [0.1, 0.15) is 50.1 Å². The summed E-state index contributed by atoms with van der Waals surface area (Å²) in [5.41, 5.74) is -0.211. The van der Waals surface area contributed by atoms with Gasteiger partial charge in [-0.25, -0.2) is 4.98 Å². The van der Waals surface area contributed by atoms with Crippen LogP contribution in [0.3, 0.4) is 0 Å². The monoisotopic (exact) mass is 280 g/mol. The molecular formula is C13H20N4O3. The van der Waals surface area contributed by atoms with Crippen LogP contribution in [0.5, 0.6) is 0 Å². The van der Waals surface area contributed by atoms with Crippen molar-refractivity contribution in [2.24, 2.45) is 5.92 Å². The maximum atomic E-state index is 12.3. The number of hydrogen-bond acceptors (Lipinski definition) is 4. The number of piperidine rings is 1. The van der Waals surface area contributed by atoms with E-state index >= 15 is 0 Å². The first-order valence-electron chi connectivity index (χ1n) is 6.74. The summed E-state index contributed by atoms with van der Waals surface area (Å²) in [7, 11) is 0. The number of rotatable bonds is 2. The maximum absolute atomic E-state index is 12.3. The molecule has 0 radical (unpaired) electrons. The Labute approximate surface area is 117 Å². The van der Waals surface area contributed by atoms with Crippen molar-refractivity contribution < 1.29 is 14.7 Å². The second-order valence-corrected chi connectivity index (χ2v) is 6.19. The highest BCUT2D eigenvalue weighted by molar-refractivity contribution is 5.90. The Bertz CT molecular complexity index is 518. The maximum Gasteiger partial charge on any atom is 0.308 e. The molecule has 2 rings (SSSR count). The standard InChI is InChI=1S/C13H20N4O3/c1-13(2,3)12-14-9(15-16-12)10(18)17-6-4-5-8(7-17)11(19)20/h8H,4-7H2,1-3H3,(H,19,20)(H,14,15,16). The van der Waals surface area contributed by atoms with Crippen molar-refractivity contribution >= 4 is 11.9 Å². The van der Waals surface area contributed by atoms with E-state index in [1.165, 1.54) is 4.90 Å². The zero-order valence-corrected chi connectivity index (χ0v) is 12.0. The Morgan fingerprint density at radius 3 is 2.65 bits per heavy atom. The average molecular weight is 280 g/mol. The van der Waals surface area contributed by atoms with Crippen LogP contribution in [0.15, 0.2) is 0 Å². The fourth-order valence-corrected chi connectivity index (χ4v) is 2.20. The van der Waals surface area contributed by atoms with Crippen LogP contribution in [0.25, 0.3) is 0 Å². The van der Waals surface area contributed by atoms with Gasteiger partial charge in [-0.2, -0.15) is 0 Å². The number of carboxylic acid groups (broad SMARTS) is 1. The summed E-state index contributed by atoms with van der Waals surface area (Å²) in [6.45, 7) is 6.71. The molecule has 1 amide bonds. The molecule has 7 nitrogen and oxygen atoms in total. The fraction of sp³-hybridized carbons (Fsp3) is 0.692. The van der Waals surface area contributed by atoms with Crippen molar-refractivity contribution in [3.8, 4) is 0 Å². The van der Waals surface area contributed by atoms with E-state index in [-0.39, 0.29) is 23.7 Å². The van der Waals surface area contributed by atoms with Crippen molar-refractivity contribution in [2.45, 2.75) is 39.0 Å². The zero-order chi connectivity index (χ0) is 14.9. The van der Waals surface area contributed by atoms with Crippen LogP contribution in [-0.4, -0.2) is 50.2 Å². The predicted molar refractivity (Wildman–Crippen MR) is 71.3 cm³/mol. The van der Waals surface area contributed by atoms with Crippen molar-refractivity contribution in [2.75, 3.05) is 13.1 Å². The largest absolute Gasteiger partial charge is 0.481 e. The molecule has 0 spiro atoms. The van der Waals surface area contributed by atoms with Gasteiger partial charge < -0.3 is 10.0 Å². The van der Waals surface area contributed by atoms with E-state index in [4.69, 9.17) is 5.11 Å². The van der Waals surface area contributed by atoms with Gasteiger partial charge in [0.2, 0.25) is 5.82 Å². The lowest BCUT2D eigenvalue weighted by atomic mass is 9.96. The Balaban J connectivity index is 2.11. The normalized spacial score (nSPS) is 19.9. The Morgan fingerprint density at radius 1 is 1.40 bits per heavy atom. The van der Waals surface area contributed by atoms with Crippen molar-refractivity contribution in [3.05, 3.63) is 11.6 Å². The van der Waals surface area contributed by atoms with Gasteiger partial charge in [0.25, 0.3) is 5.91 Å². The molecule has 7 heteroatoms. The summed E-state index contributed by atoms with van der Waals surface area (Å²) < 4.78 is 0. The van der Waals surface area contributed by atoms with E-state index in [1.807, 2.05) is 20.8 Å². The van der Waals surface area contributed by atoms with Gasteiger partial charge in [0, 0.05) is 18.5 Å². The third kappa shape index (κ3) is 2.97. The van der Waals surface area contributed by atoms with E-state index in [0.29, 0.717) is 25.2 Å². The minimum Gasteiger partial charge on any atom is -0.481 e. The first kappa shape index (κ1) is 14.5. The molecule has 110 valence electrons. The van der Waals surface area contributed by atoms with Crippen LogP contribution in [-0.2, 0) is 10.2 Å². The Kier molecular flexibility index (Phi) is 3.78. The molecule has 2 heterocycles. The van der Waals surface area contributed by atoms with Gasteiger partial charge in [0.15, 0.2) is 0 Å². The smallest absolute Gasteiger partial charge is 0.308 e. The summed E-state index contributed by atoms with van der Waals surface area (Å²) in [6.07, 6.45) is 1.31. The summed E-state index contributed by atoms with van der Waals surface area (Å²) >= 11 is 0. The number of amides is 1. The van der Waals surface area contributed by atoms with Gasteiger partial charge in [0.1, 0.15) is 5.82 Å². The van der Waals surface area contributed by atoms with E-state index in [9.17, 15) is 9.59 Å². The minimum atomic E-state index is -0.854. The topological polar surface area (TPSA) is 99.2 Å². The predicted octanol–water partition coefficient (Wildman–Crippen LogP) is 1.04. The second-order valence-electron chi connectivity index (χ2n) is 6.19. The molecular weight excluding hydrogens is 260 g/mol. The van der Waals surface area contributed by atoms with Gasteiger partial charge >= 0.3 is 5.97 Å². The molecule has 1 unspecified atom stereocenters. The fourth-order valence-electron chi connectivity index (χ4n) is 2.20. The van der Waals surface area contributed by atoms with E-state index in [0.717, 1.165) is 0 Å². The SMILES string of the molecule is CC(C)(C)c1nc(C(=O)N2CCCC(C(=O)O)C2)n[nH]1. The van der Waals surface area contributed by atoms with E-state index < -0.39 is 11.9 Å². The van der Waals surface area contributed by atoms with Crippen molar-refractivity contribution in [3.63, 3.8) is 0 Å². The highest BCUT2D eigenvalue weighted by Crippen LogP contribution is 2.20. The van der Waals surface area contributed by atoms with Crippen molar-refractivity contribution in [1.29, 1.82) is 0 Å². The average Bonchev–Trinajstić information content (AvgIpc) is 2.87. The summed E-state index contributed by atoms with van der Waals surface area (Å²) in [5.74, 6) is -0.891. The Morgan fingerprint density at radius 2 is 2.10 bits per heavy atom. The quantitative estimate of drug-likeness (QED) is 0.843. The third-order valence-electron chi connectivity index (χ3n) is 3.44. The summed E-state index contributed by atoms with van der Waals surface area (Å²) in [4.78, 5) is 29.1. The number of carbonyl (C=O) groups is 2. The number of hydrogen-bond donors (Lipinski definition) is 2. The molecule has 20 heavy (non-hydrogen) atoms. The lowest BCUT2D eigenvalue weighted by Gasteiger charge is -2.29. The number of aromatic nitrogens is 3. The number of nitrogens with zero attached hydrogens (tertiary/aromatic N) is 3. The zero-order valence-electron chi connectivity index (χ0n) is 12.0. The van der Waals surface area contributed by atoms with Gasteiger partial charge in [-0.05, 0) is 12.8 Å². The lowest BCUT2D eigenvalue weighted by molar-refractivity contribution is -0.143. The molecule has 1 saturated heterocycles. The summed E-state index contributed by atoms with van der Waals surface area (Å²) in [6, 6.07) is 0. The van der Waals surface area contributed by atoms with Crippen LogP contribution in [0, 0.1) is 5.92 Å². The highest BCUT2D eigenvalue weighted by Gasteiger charge is 2.31. The first-order valence-corrected chi connectivity index (χ1v) is 6.74. The number of H-pyrrole nitrogens is 1. The van der Waals surface area contributed by atoms with Crippen molar-refractivity contribution in [1.82, 2.24) is 20.1 Å². The Hall–Kier alpha value is -1.92. The van der Waals surface area contributed by atoms with Gasteiger partial charge in [-0.3, -0.25) is 14.7 Å². The molecule has 1 fully saturated rings. The molecule has 1 aromatic rings. The van der Waals surface area contributed by atoms with Gasteiger partial charge in [-0.1, -0.05) is 20.8 Å². The third-order valence-corrected chi connectivity index (χ3v) is 3.44. The minimum absolute atomic E-state index is 0.112. The number of carbonyl (C=O) groups excluding carboxylic acids is 1. The van der Waals surface area contributed by atoms with E-state index in [2.05, 4.69) is 15.2 Å². The molecule has 1 aliphatic heterocycles. The van der Waals surface area contributed by atoms with Crippen LogP contribution in [0.4, 0.5) is 0 Å².